The molecule has 0 saturated carbocycles. The van der Waals surface area contributed by atoms with Crippen LogP contribution in [0.1, 0.15) is 5.56 Å². The van der Waals surface area contributed by atoms with E-state index >= 15 is 0 Å². The summed E-state index contributed by atoms with van der Waals surface area (Å²) in [6.07, 6.45) is 0.932. The van der Waals surface area contributed by atoms with Gasteiger partial charge in [-0.25, -0.2) is 4.39 Å². The highest BCUT2D eigenvalue weighted by Crippen LogP contribution is 2.09. The van der Waals surface area contributed by atoms with Crippen LogP contribution < -0.4 is 10.6 Å². The number of hydrogen-bond donors (Lipinski definition) is 2. The zero-order valence-electron chi connectivity index (χ0n) is 15.7. The average molecular weight is 401 g/mol. The summed E-state index contributed by atoms with van der Waals surface area (Å²) in [6.45, 7) is 4.18. The Morgan fingerprint density at radius 3 is 2.50 bits per heavy atom. The number of carbonyl (C=O) groups is 1. The minimum absolute atomic E-state index is 0.136. The zero-order valence-corrected chi connectivity index (χ0v) is 16.6. The van der Waals surface area contributed by atoms with E-state index in [2.05, 4.69) is 32.6 Å². The van der Waals surface area contributed by atoms with E-state index in [1.54, 1.807) is 12.1 Å². The Morgan fingerprint density at radius 1 is 1.04 bits per heavy atom. The number of benzene rings is 2. The van der Waals surface area contributed by atoms with Crippen LogP contribution in [-0.2, 0) is 11.2 Å². The summed E-state index contributed by atoms with van der Waals surface area (Å²) in [7, 11) is 0. The number of piperazine rings is 1. The van der Waals surface area contributed by atoms with Gasteiger partial charge in [-0.3, -0.25) is 9.69 Å². The standard InChI is InChI=1S/C21H25FN4OS/c22-18-7-4-8-19(15-18)24-20(27)16-25-11-13-26(14-12-25)21(28)23-10-9-17-5-2-1-3-6-17/h1-8,15H,9-14,16H2,(H,23,28)(H,24,27). The fourth-order valence-electron chi connectivity index (χ4n) is 3.15. The predicted molar refractivity (Wildman–Crippen MR) is 114 cm³/mol. The molecule has 0 aliphatic carbocycles. The molecule has 148 valence electrons. The van der Waals surface area contributed by atoms with E-state index in [9.17, 15) is 9.18 Å². The van der Waals surface area contributed by atoms with Crippen LogP contribution in [0.4, 0.5) is 10.1 Å². The van der Waals surface area contributed by atoms with Gasteiger partial charge in [0.05, 0.1) is 6.54 Å². The van der Waals surface area contributed by atoms with E-state index < -0.39 is 0 Å². The third-order valence-electron chi connectivity index (χ3n) is 4.67. The number of rotatable bonds is 6. The molecular weight excluding hydrogens is 375 g/mol. The Kier molecular flexibility index (Phi) is 7.33. The molecule has 2 N–H and O–H groups in total. The monoisotopic (exact) mass is 400 g/mol. The normalized spacial score (nSPS) is 14.5. The molecule has 0 bridgehead atoms. The highest BCUT2D eigenvalue weighted by molar-refractivity contribution is 7.80. The summed E-state index contributed by atoms with van der Waals surface area (Å²) in [5, 5.41) is 6.82. The van der Waals surface area contributed by atoms with Gasteiger partial charge in [-0.1, -0.05) is 36.4 Å². The van der Waals surface area contributed by atoms with Crippen molar-refractivity contribution in [3.63, 3.8) is 0 Å². The molecule has 7 heteroatoms. The number of amides is 1. The van der Waals surface area contributed by atoms with Crippen LogP contribution in [0.2, 0.25) is 0 Å². The van der Waals surface area contributed by atoms with E-state index in [4.69, 9.17) is 12.2 Å². The highest BCUT2D eigenvalue weighted by atomic mass is 32.1. The molecular formula is C21H25FN4OS. The Hall–Kier alpha value is -2.51. The van der Waals surface area contributed by atoms with Crippen molar-refractivity contribution < 1.29 is 9.18 Å². The fraction of sp³-hybridized carbons (Fsp3) is 0.333. The first-order valence-electron chi connectivity index (χ1n) is 9.44. The molecule has 1 aliphatic rings. The van der Waals surface area contributed by atoms with Crippen molar-refractivity contribution in [2.45, 2.75) is 6.42 Å². The highest BCUT2D eigenvalue weighted by Gasteiger charge is 2.20. The molecule has 1 fully saturated rings. The van der Waals surface area contributed by atoms with Crippen molar-refractivity contribution in [3.05, 3.63) is 66.0 Å². The maximum atomic E-state index is 13.2. The predicted octanol–water partition coefficient (Wildman–Crippen LogP) is 2.50. The minimum Gasteiger partial charge on any atom is -0.362 e. The summed E-state index contributed by atoms with van der Waals surface area (Å²) in [5.41, 5.74) is 1.76. The van der Waals surface area contributed by atoms with Crippen molar-refractivity contribution in [3.8, 4) is 0 Å². The number of carbonyl (C=O) groups excluding carboxylic acids is 1. The van der Waals surface area contributed by atoms with Crippen molar-refractivity contribution >= 4 is 28.9 Å². The SMILES string of the molecule is O=C(CN1CCN(C(=S)NCCc2ccccc2)CC1)Nc1cccc(F)c1. The van der Waals surface area contributed by atoms with E-state index in [1.165, 1.54) is 17.7 Å². The Labute approximate surface area is 170 Å². The van der Waals surface area contributed by atoms with Crippen molar-refractivity contribution in [2.24, 2.45) is 0 Å². The molecule has 1 amide bonds. The van der Waals surface area contributed by atoms with Gasteiger partial charge < -0.3 is 15.5 Å². The second-order valence-electron chi connectivity index (χ2n) is 6.79. The lowest BCUT2D eigenvalue weighted by molar-refractivity contribution is -0.117. The molecule has 1 aliphatic heterocycles. The van der Waals surface area contributed by atoms with Crippen LogP contribution in [0.3, 0.4) is 0 Å². The van der Waals surface area contributed by atoms with Gasteiger partial charge in [0.25, 0.3) is 0 Å². The van der Waals surface area contributed by atoms with Crippen molar-refractivity contribution in [1.82, 2.24) is 15.1 Å². The summed E-state index contributed by atoms with van der Waals surface area (Å²) in [4.78, 5) is 16.4. The first kappa shape index (κ1) is 20.2. The van der Waals surface area contributed by atoms with Crippen LogP contribution >= 0.6 is 12.2 Å². The van der Waals surface area contributed by atoms with E-state index in [0.717, 1.165) is 44.3 Å². The van der Waals surface area contributed by atoms with Crippen molar-refractivity contribution in [2.75, 3.05) is 44.6 Å². The van der Waals surface area contributed by atoms with Gasteiger partial charge in [-0.15, -0.1) is 0 Å². The molecule has 0 atom stereocenters. The molecule has 2 aromatic carbocycles. The van der Waals surface area contributed by atoms with Gasteiger partial charge in [-0.05, 0) is 42.4 Å². The molecule has 2 aromatic rings. The number of hydrogen-bond acceptors (Lipinski definition) is 3. The van der Waals surface area contributed by atoms with Gasteiger partial charge in [0.15, 0.2) is 5.11 Å². The lowest BCUT2D eigenvalue weighted by Crippen LogP contribution is -2.53. The molecule has 28 heavy (non-hydrogen) atoms. The maximum Gasteiger partial charge on any atom is 0.238 e. The summed E-state index contributed by atoms with van der Waals surface area (Å²) >= 11 is 5.50. The average Bonchev–Trinajstić information content (AvgIpc) is 2.69. The van der Waals surface area contributed by atoms with Gasteiger partial charge in [0, 0.05) is 38.4 Å². The number of halogens is 1. The Bertz CT molecular complexity index is 794. The number of nitrogens with one attached hydrogen (secondary N) is 2. The zero-order chi connectivity index (χ0) is 19.8. The third-order valence-corrected chi connectivity index (χ3v) is 5.07. The fourth-order valence-corrected chi connectivity index (χ4v) is 3.43. The van der Waals surface area contributed by atoms with E-state index in [0.29, 0.717) is 12.2 Å². The summed E-state index contributed by atoms with van der Waals surface area (Å²) < 4.78 is 13.2. The molecule has 3 rings (SSSR count). The lowest BCUT2D eigenvalue weighted by Gasteiger charge is -2.35. The third kappa shape index (κ3) is 6.28. The smallest absolute Gasteiger partial charge is 0.238 e. The number of nitrogens with zero attached hydrogens (tertiary/aromatic N) is 2. The second kappa shape index (κ2) is 10.1. The van der Waals surface area contributed by atoms with E-state index in [-0.39, 0.29) is 11.7 Å². The van der Waals surface area contributed by atoms with E-state index in [1.807, 2.05) is 18.2 Å². The molecule has 1 saturated heterocycles. The van der Waals surface area contributed by atoms with Gasteiger partial charge in [0.2, 0.25) is 5.91 Å². The van der Waals surface area contributed by atoms with Crippen LogP contribution in [0, 0.1) is 5.82 Å². The first-order chi connectivity index (χ1) is 13.6. The number of anilines is 1. The maximum absolute atomic E-state index is 13.2. The lowest BCUT2D eigenvalue weighted by atomic mass is 10.1. The minimum atomic E-state index is -0.361. The summed E-state index contributed by atoms with van der Waals surface area (Å²) in [6, 6.07) is 16.2. The largest absolute Gasteiger partial charge is 0.362 e. The molecule has 0 unspecified atom stereocenters. The first-order valence-corrected chi connectivity index (χ1v) is 9.85. The van der Waals surface area contributed by atoms with Gasteiger partial charge >= 0.3 is 0 Å². The molecule has 0 spiro atoms. The van der Waals surface area contributed by atoms with Crippen molar-refractivity contribution in [1.29, 1.82) is 0 Å². The van der Waals surface area contributed by atoms with Crippen LogP contribution in [0.25, 0.3) is 0 Å². The second-order valence-corrected chi connectivity index (χ2v) is 7.18. The molecule has 0 aromatic heterocycles. The van der Waals surface area contributed by atoms with Crippen LogP contribution in [0.5, 0.6) is 0 Å². The Morgan fingerprint density at radius 2 is 1.79 bits per heavy atom. The Balaban J connectivity index is 1.35. The topological polar surface area (TPSA) is 47.6 Å². The van der Waals surface area contributed by atoms with Crippen LogP contribution in [0.15, 0.2) is 54.6 Å². The summed E-state index contributed by atoms with van der Waals surface area (Å²) in [5.74, 6) is -0.498. The number of thiocarbonyl (C=S) groups is 1. The molecule has 5 nitrogen and oxygen atoms in total. The molecule has 1 heterocycles. The van der Waals surface area contributed by atoms with Gasteiger partial charge in [0.1, 0.15) is 5.82 Å². The van der Waals surface area contributed by atoms with Gasteiger partial charge in [-0.2, -0.15) is 0 Å². The van der Waals surface area contributed by atoms with Crippen LogP contribution in [-0.4, -0.2) is 60.1 Å². The molecule has 0 radical (unpaired) electrons. The quantitative estimate of drug-likeness (QED) is 0.730.